The van der Waals surface area contributed by atoms with Crippen molar-refractivity contribution in [3.8, 4) is 11.5 Å². The number of hydrogen-bond acceptors (Lipinski definition) is 3. The highest BCUT2D eigenvalue weighted by Crippen LogP contribution is 2.29. The molecule has 0 fully saturated rings. The van der Waals surface area contributed by atoms with Crippen LogP contribution in [0.4, 0.5) is 0 Å². The molecular weight excluding hydrogens is 286 g/mol. The Bertz CT molecular complexity index is 572. The van der Waals surface area contributed by atoms with Crippen molar-refractivity contribution in [2.45, 2.75) is 19.1 Å². The van der Waals surface area contributed by atoms with E-state index in [1.54, 1.807) is 18.2 Å². The molecule has 0 aromatic heterocycles. The van der Waals surface area contributed by atoms with E-state index in [2.05, 4.69) is 6.58 Å². The lowest BCUT2D eigenvalue weighted by Crippen LogP contribution is -2.09. The van der Waals surface area contributed by atoms with Crippen LogP contribution in [-0.2, 0) is 6.61 Å². The second kappa shape index (κ2) is 8.35. The van der Waals surface area contributed by atoms with Crippen molar-refractivity contribution in [3.05, 3.63) is 72.3 Å². The van der Waals surface area contributed by atoms with Gasteiger partial charge < -0.3 is 15.6 Å². The van der Waals surface area contributed by atoms with Crippen LogP contribution in [0.15, 0.2) is 61.2 Å². The first kappa shape index (κ1) is 17.1. The largest absolute Gasteiger partial charge is 0.507 e. The minimum absolute atomic E-state index is 0. The second-order valence-corrected chi connectivity index (χ2v) is 4.63. The summed E-state index contributed by atoms with van der Waals surface area (Å²) < 4.78 is 5.65. The Hall–Kier alpha value is -1.97. The Balaban J connectivity index is 0.00000220. The molecule has 3 N–H and O–H groups in total. The molecular formula is C17H20ClNO2. The quantitative estimate of drug-likeness (QED) is 0.794. The maximum absolute atomic E-state index is 9.99. The van der Waals surface area contributed by atoms with Gasteiger partial charge in [0.05, 0.1) is 0 Å². The van der Waals surface area contributed by atoms with Crippen LogP contribution in [0.2, 0.25) is 0 Å². The summed E-state index contributed by atoms with van der Waals surface area (Å²) in [4.78, 5) is 0. The van der Waals surface area contributed by atoms with E-state index in [1.165, 1.54) is 0 Å². The van der Waals surface area contributed by atoms with Gasteiger partial charge in [0.25, 0.3) is 0 Å². The van der Waals surface area contributed by atoms with Crippen molar-refractivity contribution >= 4 is 12.4 Å². The molecule has 112 valence electrons. The van der Waals surface area contributed by atoms with Gasteiger partial charge in [-0.05, 0) is 18.1 Å². The van der Waals surface area contributed by atoms with Crippen molar-refractivity contribution in [1.29, 1.82) is 0 Å². The molecule has 2 aromatic rings. The minimum atomic E-state index is -0.240. The summed E-state index contributed by atoms with van der Waals surface area (Å²) in [6, 6.07) is 14.9. The van der Waals surface area contributed by atoms with Gasteiger partial charge >= 0.3 is 0 Å². The molecule has 1 atom stereocenters. The second-order valence-electron chi connectivity index (χ2n) is 4.63. The Morgan fingerprint density at radius 1 is 1.19 bits per heavy atom. The summed E-state index contributed by atoms with van der Waals surface area (Å²) in [5.74, 6) is 0.783. The predicted molar refractivity (Wildman–Crippen MR) is 87.9 cm³/mol. The van der Waals surface area contributed by atoms with Crippen LogP contribution in [0.25, 0.3) is 0 Å². The molecule has 0 radical (unpaired) electrons. The fraction of sp³-hybridized carbons (Fsp3) is 0.176. The van der Waals surface area contributed by atoms with Gasteiger partial charge in [-0.15, -0.1) is 19.0 Å². The molecule has 2 rings (SSSR count). The molecule has 0 aliphatic carbocycles. The summed E-state index contributed by atoms with van der Waals surface area (Å²) in [5, 5.41) is 9.99. The van der Waals surface area contributed by atoms with Crippen LogP contribution < -0.4 is 10.5 Å². The number of nitrogens with two attached hydrogens (primary N) is 1. The van der Waals surface area contributed by atoms with E-state index >= 15 is 0 Å². The molecule has 0 bridgehead atoms. The monoisotopic (exact) mass is 305 g/mol. The Morgan fingerprint density at radius 3 is 2.52 bits per heavy atom. The first-order valence-electron chi connectivity index (χ1n) is 6.57. The van der Waals surface area contributed by atoms with Crippen molar-refractivity contribution in [2.75, 3.05) is 0 Å². The van der Waals surface area contributed by atoms with Crippen LogP contribution in [-0.4, -0.2) is 5.11 Å². The highest BCUT2D eigenvalue weighted by atomic mass is 35.5. The number of phenolic OH excluding ortho intramolecular Hbond substituents is 1. The van der Waals surface area contributed by atoms with E-state index in [1.807, 2.05) is 36.4 Å². The Morgan fingerprint density at radius 2 is 1.90 bits per heavy atom. The van der Waals surface area contributed by atoms with Crippen LogP contribution in [0.1, 0.15) is 23.6 Å². The number of rotatable bonds is 6. The van der Waals surface area contributed by atoms with Gasteiger partial charge in [0, 0.05) is 17.7 Å². The fourth-order valence-electron chi connectivity index (χ4n) is 1.97. The zero-order valence-electron chi connectivity index (χ0n) is 11.7. The zero-order valence-corrected chi connectivity index (χ0v) is 12.6. The summed E-state index contributed by atoms with van der Waals surface area (Å²) in [7, 11) is 0. The predicted octanol–water partition coefficient (Wildman–Crippen LogP) is 3.97. The molecule has 3 nitrogen and oxygen atoms in total. The Labute approximate surface area is 131 Å². The van der Waals surface area contributed by atoms with Gasteiger partial charge in [0.1, 0.15) is 18.1 Å². The third kappa shape index (κ3) is 4.81. The summed E-state index contributed by atoms with van der Waals surface area (Å²) >= 11 is 0. The average molecular weight is 306 g/mol. The van der Waals surface area contributed by atoms with E-state index in [4.69, 9.17) is 10.5 Å². The van der Waals surface area contributed by atoms with Gasteiger partial charge in [-0.3, -0.25) is 0 Å². The third-order valence-electron chi connectivity index (χ3n) is 3.07. The van der Waals surface area contributed by atoms with Crippen molar-refractivity contribution in [2.24, 2.45) is 5.73 Å². The van der Waals surface area contributed by atoms with Crippen molar-refractivity contribution in [3.63, 3.8) is 0 Å². The molecule has 21 heavy (non-hydrogen) atoms. The number of halogens is 1. The normalized spacial score (nSPS) is 11.3. The minimum Gasteiger partial charge on any atom is -0.507 e. The van der Waals surface area contributed by atoms with Crippen LogP contribution >= 0.6 is 12.4 Å². The van der Waals surface area contributed by atoms with E-state index < -0.39 is 0 Å². The topological polar surface area (TPSA) is 55.5 Å². The molecule has 0 unspecified atom stereocenters. The van der Waals surface area contributed by atoms with Crippen molar-refractivity contribution in [1.82, 2.24) is 0 Å². The lowest BCUT2D eigenvalue weighted by molar-refractivity contribution is 0.304. The first-order valence-corrected chi connectivity index (χ1v) is 6.57. The summed E-state index contributed by atoms with van der Waals surface area (Å²) in [6.45, 7) is 4.12. The number of aromatic hydroxyl groups is 1. The lowest BCUT2D eigenvalue weighted by Gasteiger charge is -2.13. The molecule has 4 heteroatoms. The maximum atomic E-state index is 9.99. The van der Waals surface area contributed by atoms with E-state index in [0.29, 0.717) is 24.3 Å². The number of benzene rings is 2. The first-order chi connectivity index (χ1) is 9.70. The molecule has 0 aliphatic rings. The smallest absolute Gasteiger partial charge is 0.124 e. The number of phenols is 1. The van der Waals surface area contributed by atoms with Crippen LogP contribution in [0.3, 0.4) is 0 Å². The molecule has 0 heterocycles. The Kier molecular flexibility index (Phi) is 6.79. The lowest BCUT2D eigenvalue weighted by atomic mass is 10.0. The van der Waals surface area contributed by atoms with Crippen LogP contribution in [0, 0.1) is 0 Å². The molecule has 2 aromatic carbocycles. The fourth-order valence-corrected chi connectivity index (χ4v) is 1.97. The summed E-state index contributed by atoms with van der Waals surface area (Å²) in [6.07, 6.45) is 2.36. The van der Waals surface area contributed by atoms with Gasteiger partial charge in [-0.25, -0.2) is 0 Å². The molecule has 0 spiro atoms. The van der Waals surface area contributed by atoms with Gasteiger partial charge in [0.2, 0.25) is 0 Å². The van der Waals surface area contributed by atoms with Crippen molar-refractivity contribution < 1.29 is 9.84 Å². The average Bonchev–Trinajstić information content (AvgIpc) is 2.46. The molecule has 0 saturated carbocycles. The molecule has 0 amide bonds. The van der Waals surface area contributed by atoms with Gasteiger partial charge in [-0.2, -0.15) is 0 Å². The highest BCUT2D eigenvalue weighted by molar-refractivity contribution is 5.85. The number of ether oxygens (including phenoxy) is 1. The molecule has 0 aliphatic heterocycles. The SMILES string of the molecule is C=CC[C@H](N)c1ccc(OCc2ccccc2)cc1O.Cl. The van der Waals surface area contributed by atoms with Gasteiger partial charge in [-0.1, -0.05) is 42.5 Å². The van der Waals surface area contributed by atoms with E-state index in [-0.39, 0.29) is 24.2 Å². The van der Waals surface area contributed by atoms with Gasteiger partial charge in [0.15, 0.2) is 0 Å². The summed E-state index contributed by atoms with van der Waals surface area (Å²) in [5.41, 5.74) is 7.74. The zero-order chi connectivity index (χ0) is 14.4. The van der Waals surface area contributed by atoms with E-state index in [0.717, 1.165) is 5.56 Å². The van der Waals surface area contributed by atoms with E-state index in [9.17, 15) is 5.11 Å². The maximum Gasteiger partial charge on any atom is 0.124 e. The highest BCUT2D eigenvalue weighted by Gasteiger charge is 2.10. The van der Waals surface area contributed by atoms with Crippen LogP contribution in [0.5, 0.6) is 11.5 Å². The number of hydrogen-bond donors (Lipinski definition) is 2. The standard InChI is InChI=1S/C17H19NO2.ClH/c1-2-6-16(18)15-10-9-14(11-17(15)19)20-12-13-7-4-3-5-8-13;/h2-5,7-11,16,19H,1,6,12,18H2;1H/t16-;/m0./s1. The third-order valence-corrected chi connectivity index (χ3v) is 3.07. The molecule has 0 saturated heterocycles.